The van der Waals surface area contributed by atoms with Gasteiger partial charge in [0.2, 0.25) is 0 Å². The third-order valence-corrected chi connectivity index (χ3v) is 4.51. The zero-order valence-corrected chi connectivity index (χ0v) is 13.0. The summed E-state index contributed by atoms with van der Waals surface area (Å²) >= 11 is 0. The molecule has 3 atom stereocenters. The largest absolute Gasteiger partial charge is 0.486 e. The molecular weight excluding hydrogens is 264 g/mol. The third kappa shape index (κ3) is 3.16. The molecule has 1 fully saturated rings. The molecule has 0 aromatic heterocycles. The number of ether oxygens (including phenoxy) is 2. The number of hydrogen-bond acceptors (Lipinski definition) is 4. The van der Waals surface area contributed by atoms with Crippen LogP contribution in [0.25, 0.3) is 0 Å². The highest BCUT2D eigenvalue weighted by molar-refractivity contribution is 5.44. The Balaban J connectivity index is 1.82. The van der Waals surface area contributed by atoms with Gasteiger partial charge in [-0.25, -0.2) is 0 Å². The fourth-order valence-corrected chi connectivity index (χ4v) is 3.73. The van der Waals surface area contributed by atoms with Crippen LogP contribution in [0.4, 0.5) is 0 Å². The van der Waals surface area contributed by atoms with Crippen molar-refractivity contribution in [1.82, 2.24) is 4.90 Å². The molecular formula is C17H26N2O2. The summed E-state index contributed by atoms with van der Waals surface area (Å²) in [4.78, 5) is 2.53. The second-order valence-electron chi connectivity index (χ2n) is 6.55. The highest BCUT2D eigenvalue weighted by atomic mass is 16.6. The van der Waals surface area contributed by atoms with Crippen molar-refractivity contribution in [2.45, 2.75) is 26.3 Å². The Hall–Kier alpha value is -1.26. The summed E-state index contributed by atoms with van der Waals surface area (Å²) in [6, 6.07) is 6.53. The average Bonchev–Trinajstić information content (AvgIpc) is 2.47. The minimum absolute atomic E-state index is 0.269. The molecule has 2 N–H and O–H groups in total. The minimum Gasteiger partial charge on any atom is -0.486 e. The van der Waals surface area contributed by atoms with Gasteiger partial charge in [-0.2, -0.15) is 0 Å². The first-order valence-corrected chi connectivity index (χ1v) is 8.01. The van der Waals surface area contributed by atoms with E-state index in [1.54, 1.807) is 0 Å². The Kier molecular flexibility index (Phi) is 4.36. The first-order chi connectivity index (χ1) is 10.2. The zero-order chi connectivity index (χ0) is 14.8. The van der Waals surface area contributed by atoms with Crippen LogP contribution in [0.3, 0.4) is 0 Å². The van der Waals surface area contributed by atoms with Crippen LogP contribution in [0.2, 0.25) is 0 Å². The van der Waals surface area contributed by atoms with Crippen LogP contribution in [-0.2, 0) is 0 Å². The summed E-state index contributed by atoms with van der Waals surface area (Å²) in [5.41, 5.74) is 7.33. The average molecular weight is 290 g/mol. The summed E-state index contributed by atoms with van der Waals surface area (Å²) < 4.78 is 11.3. The molecule has 0 spiro atoms. The molecule has 21 heavy (non-hydrogen) atoms. The van der Waals surface area contributed by atoms with Gasteiger partial charge in [0.25, 0.3) is 0 Å². The van der Waals surface area contributed by atoms with Crippen LogP contribution < -0.4 is 15.2 Å². The molecule has 0 saturated carbocycles. The van der Waals surface area contributed by atoms with Crippen LogP contribution in [0.15, 0.2) is 18.2 Å². The van der Waals surface area contributed by atoms with E-state index in [0.29, 0.717) is 19.8 Å². The van der Waals surface area contributed by atoms with Crippen molar-refractivity contribution in [3.63, 3.8) is 0 Å². The van der Waals surface area contributed by atoms with Crippen LogP contribution in [0.1, 0.15) is 31.9 Å². The van der Waals surface area contributed by atoms with E-state index in [2.05, 4.69) is 30.9 Å². The van der Waals surface area contributed by atoms with Crippen molar-refractivity contribution < 1.29 is 9.47 Å². The Morgan fingerprint density at radius 3 is 2.48 bits per heavy atom. The fourth-order valence-electron chi connectivity index (χ4n) is 3.73. The Morgan fingerprint density at radius 2 is 1.81 bits per heavy atom. The Labute approximate surface area is 127 Å². The molecule has 0 amide bonds. The molecule has 1 aromatic rings. The van der Waals surface area contributed by atoms with E-state index >= 15 is 0 Å². The number of nitrogens with zero attached hydrogens (tertiary/aromatic N) is 1. The van der Waals surface area contributed by atoms with Gasteiger partial charge in [0.05, 0.1) is 0 Å². The lowest BCUT2D eigenvalue weighted by Gasteiger charge is -2.40. The summed E-state index contributed by atoms with van der Waals surface area (Å²) in [6.07, 6.45) is 1.31. The summed E-state index contributed by atoms with van der Waals surface area (Å²) in [7, 11) is 0. The van der Waals surface area contributed by atoms with Crippen LogP contribution in [0.5, 0.6) is 11.5 Å². The molecule has 1 saturated heterocycles. The van der Waals surface area contributed by atoms with Crippen molar-refractivity contribution in [2.24, 2.45) is 17.6 Å². The maximum Gasteiger partial charge on any atom is 0.161 e. The fraction of sp³-hybridized carbons (Fsp3) is 0.647. The molecule has 116 valence electrons. The third-order valence-electron chi connectivity index (χ3n) is 4.51. The lowest BCUT2D eigenvalue weighted by molar-refractivity contribution is 0.0979. The topological polar surface area (TPSA) is 47.7 Å². The predicted molar refractivity (Wildman–Crippen MR) is 83.7 cm³/mol. The molecule has 2 aliphatic heterocycles. The van der Waals surface area contributed by atoms with E-state index in [1.807, 2.05) is 6.07 Å². The number of benzene rings is 1. The molecule has 4 heteroatoms. The number of hydrogen-bond donors (Lipinski definition) is 1. The Morgan fingerprint density at radius 1 is 1.14 bits per heavy atom. The van der Waals surface area contributed by atoms with Gasteiger partial charge in [0, 0.05) is 25.7 Å². The van der Waals surface area contributed by atoms with Crippen molar-refractivity contribution in [2.75, 3.05) is 32.8 Å². The van der Waals surface area contributed by atoms with Crippen molar-refractivity contribution in [1.29, 1.82) is 0 Å². The summed E-state index contributed by atoms with van der Waals surface area (Å²) in [5.74, 6) is 3.18. The molecule has 2 aliphatic rings. The summed E-state index contributed by atoms with van der Waals surface area (Å²) in [5, 5.41) is 0. The smallest absolute Gasteiger partial charge is 0.161 e. The van der Waals surface area contributed by atoms with Crippen molar-refractivity contribution in [3.05, 3.63) is 23.8 Å². The van der Waals surface area contributed by atoms with Gasteiger partial charge in [-0.15, -0.1) is 0 Å². The second kappa shape index (κ2) is 6.24. The van der Waals surface area contributed by atoms with Crippen LogP contribution >= 0.6 is 0 Å². The van der Waals surface area contributed by atoms with Crippen molar-refractivity contribution in [3.8, 4) is 11.5 Å². The SMILES string of the molecule is CC1CC(C)CN(C(CN)c2ccc3c(c2)OCCO3)C1. The van der Waals surface area contributed by atoms with Gasteiger partial charge in [-0.1, -0.05) is 19.9 Å². The second-order valence-corrected chi connectivity index (χ2v) is 6.55. The number of nitrogens with two attached hydrogens (primary N) is 1. The first-order valence-electron chi connectivity index (χ1n) is 8.01. The van der Waals surface area contributed by atoms with Gasteiger partial charge in [-0.3, -0.25) is 4.90 Å². The van der Waals surface area contributed by atoms with E-state index in [0.717, 1.165) is 36.4 Å². The van der Waals surface area contributed by atoms with Gasteiger partial charge < -0.3 is 15.2 Å². The van der Waals surface area contributed by atoms with E-state index in [9.17, 15) is 0 Å². The van der Waals surface area contributed by atoms with Crippen LogP contribution in [0, 0.1) is 11.8 Å². The first kappa shape index (κ1) is 14.7. The quantitative estimate of drug-likeness (QED) is 0.929. The lowest BCUT2D eigenvalue weighted by atomic mass is 9.89. The summed E-state index contributed by atoms with van der Waals surface area (Å²) in [6.45, 7) is 8.82. The van der Waals surface area contributed by atoms with Gasteiger partial charge in [-0.05, 0) is 36.0 Å². The number of likely N-dealkylation sites (tertiary alicyclic amines) is 1. The highest BCUT2D eigenvalue weighted by Gasteiger charge is 2.28. The van der Waals surface area contributed by atoms with Crippen LogP contribution in [-0.4, -0.2) is 37.7 Å². The van der Waals surface area contributed by atoms with Gasteiger partial charge >= 0.3 is 0 Å². The maximum absolute atomic E-state index is 6.09. The standard InChI is InChI=1S/C17H26N2O2/c1-12-7-13(2)11-19(10-12)15(9-18)14-3-4-16-17(8-14)21-6-5-20-16/h3-4,8,12-13,15H,5-7,9-11,18H2,1-2H3. The molecule has 0 radical (unpaired) electrons. The van der Waals surface area contributed by atoms with Gasteiger partial charge in [0.15, 0.2) is 11.5 Å². The lowest BCUT2D eigenvalue weighted by Crippen LogP contribution is -2.43. The van der Waals surface area contributed by atoms with E-state index < -0.39 is 0 Å². The monoisotopic (exact) mass is 290 g/mol. The predicted octanol–water partition coefficient (Wildman–Crippen LogP) is 2.44. The number of fused-ring (bicyclic) bond motifs is 1. The molecule has 3 rings (SSSR count). The maximum atomic E-state index is 6.09. The van der Waals surface area contributed by atoms with Crippen molar-refractivity contribution >= 4 is 0 Å². The normalized spacial score (nSPS) is 27.4. The molecule has 3 unspecified atom stereocenters. The Bertz CT molecular complexity index is 482. The molecule has 4 nitrogen and oxygen atoms in total. The molecule has 2 heterocycles. The van der Waals surface area contributed by atoms with E-state index in [4.69, 9.17) is 15.2 Å². The minimum atomic E-state index is 0.269. The van der Waals surface area contributed by atoms with E-state index in [1.165, 1.54) is 12.0 Å². The molecule has 0 bridgehead atoms. The number of rotatable bonds is 3. The number of piperidine rings is 1. The molecule has 1 aromatic carbocycles. The highest BCUT2D eigenvalue weighted by Crippen LogP contribution is 2.35. The zero-order valence-electron chi connectivity index (χ0n) is 13.0. The van der Waals surface area contributed by atoms with E-state index in [-0.39, 0.29) is 6.04 Å². The van der Waals surface area contributed by atoms with Gasteiger partial charge in [0.1, 0.15) is 13.2 Å². The molecule has 0 aliphatic carbocycles.